The maximum absolute atomic E-state index is 13.0. The van der Waals surface area contributed by atoms with Crippen molar-refractivity contribution in [2.24, 2.45) is 0 Å². The first kappa shape index (κ1) is 54.1. The van der Waals surface area contributed by atoms with Crippen LogP contribution >= 0.6 is 7.82 Å². The van der Waals surface area contributed by atoms with Gasteiger partial charge in [-0.25, -0.2) is 4.57 Å². The average Bonchev–Trinajstić information content (AvgIpc) is 3.18. The van der Waals surface area contributed by atoms with Crippen LogP contribution in [0.2, 0.25) is 0 Å². The molecule has 338 valence electrons. The van der Waals surface area contributed by atoms with Gasteiger partial charge in [0, 0.05) is 0 Å². The molecule has 13 nitrogen and oxygen atoms in total. The minimum absolute atomic E-state index is 0.230. The maximum Gasteiger partial charge on any atom is 0.472 e. The van der Waals surface area contributed by atoms with Crippen LogP contribution in [0.4, 0.5) is 0 Å². The van der Waals surface area contributed by atoms with E-state index in [-0.39, 0.29) is 12.8 Å². The first-order valence-electron chi connectivity index (χ1n) is 22.7. The van der Waals surface area contributed by atoms with Gasteiger partial charge >= 0.3 is 7.82 Å². The van der Waals surface area contributed by atoms with E-state index in [1.54, 1.807) is 0 Å². The van der Waals surface area contributed by atoms with Crippen LogP contribution < -0.4 is 5.32 Å². The van der Waals surface area contributed by atoms with Gasteiger partial charge in [-0.05, 0) is 38.5 Å². The molecular weight excluding hydrogens is 753 g/mol. The summed E-state index contributed by atoms with van der Waals surface area (Å²) in [5.74, 6) is -0.569. The average molecular weight is 838 g/mol. The monoisotopic (exact) mass is 838 g/mol. The fourth-order valence-electron chi connectivity index (χ4n) is 7.36. The van der Waals surface area contributed by atoms with Gasteiger partial charge < -0.3 is 46.0 Å². The van der Waals surface area contributed by atoms with Crippen molar-refractivity contribution in [2.45, 2.75) is 249 Å². The Morgan fingerprint density at radius 3 is 1.46 bits per heavy atom. The molecular formula is C43H84NO12P. The van der Waals surface area contributed by atoms with Crippen molar-refractivity contribution < 1.29 is 59.0 Å². The molecule has 8 unspecified atom stereocenters. The number of rotatable bonds is 37. The SMILES string of the molecule is CCCCCCCCC/C=C\CCCCCC(O)CC(=O)NC(COP(=O)(O)OC1C(O)C(O)C(O)C(O)C1O)C(O)CCCCCCCCCCCCCCC. The number of phosphoric acid groups is 1. The number of aliphatic hydroxyl groups is 7. The minimum Gasteiger partial charge on any atom is -0.393 e. The van der Waals surface area contributed by atoms with Crippen LogP contribution in [0.3, 0.4) is 0 Å². The van der Waals surface area contributed by atoms with Crippen molar-refractivity contribution in [3.8, 4) is 0 Å². The van der Waals surface area contributed by atoms with Crippen LogP contribution in [0.25, 0.3) is 0 Å². The molecule has 0 radical (unpaired) electrons. The number of phosphoric ester groups is 1. The molecule has 9 N–H and O–H groups in total. The summed E-state index contributed by atoms with van der Waals surface area (Å²) in [5, 5.41) is 74.5. The lowest BCUT2D eigenvalue weighted by molar-refractivity contribution is -0.220. The third kappa shape index (κ3) is 26.1. The third-order valence-electron chi connectivity index (χ3n) is 11.1. The van der Waals surface area contributed by atoms with Gasteiger partial charge in [0.1, 0.15) is 36.6 Å². The molecule has 0 saturated heterocycles. The molecule has 1 rings (SSSR count). The normalized spacial score (nSPS) is 24.0. The molecule has 1 saturated carbocycles. The predicted octanol–water partition coefficient (Wildman–Crippen LogP) is 7.03. The van der Waals surface area contributed by atoms with Crippen molar-refractivity contribution in [3.63, 3.8) is 0 Å². The summed E-state index contributed by atoms with van der Waals surface area (Å²) in [7, 11) is -5.11. The lowest BCUT2D eigenvalue weighted by atomic mass is 9.85. The van der Waals surface area contributed by atoms with Crippen molar-refractivity contribution in [2.75, 3.05) is 6.61 Å². The second-order valence-corrected chi connectivity index (χ2v) is 17.8. The number of unbranched alkanes of at least 4 members (excludes halogenated alkanes) is 22. The molecule has 1 aliphatic carbocycles. The van der Waals surface area contributed by atoms with Crippen LogP contribution in [-0.4, -0.2) is 108 Å². The molecule has 1 aliphatic rings. The standard InChI is InChI=1S/C43H84NO12P/c1-3-5-7-9-11-13-15-17-19-20-22-24-26-28-30-34(45)32-37(47)44-35(36(46)31-29-27-25-23-21-18-16-14-12-10-8-6-4-2)33-55-57(53,54)56-43-41(51)39(49)38(48)40(50)42(43)52/h19-20,34-36,38-43,45-46,48-52H,3-18,21-33H2,1-2H3,(H,44,47)(H,53,54)/b20-19-. The van der Waals surface area contributed by atoms with Gasteiger partial charge in [0.05, 0.1) is 31.3 Å². The van der Waals surface area contributed by atoms with Gasteiger partial charge in [-0.3, -0.25) is 13.8 Å². The highest BCUT2D eigenvalue weighted by molar-refractivity contribution is 7.47. The minimum atomic E-state index is -5.11. The predicted molar refractivity (Wildman–Crippen MR) is 224 cm³/mol. The molecule has 0 aromatic rings. The number of allylic oxidation sites excluding steroid dienone is 2. The van der Waals surface area contributed by atoms with Crippen LogP contribution in [0.15, 0.2) is 12.2 Å². The van der Waals surface area contributed by atoms with Crippen molar-refractivity contribution in [3.05, 3.63) is 12.2 Å². The van der Waals surface area contributed by atoms with E-state index < -0.39 is 75.2 Å². The van der Waals surface area contributed by atoms with Gasteiger partial charge in [-0.2, -0.15) is 0 Å². The molecule has 57 heavy (non-hydrogen) atoms. The molecule has 0 aromatic carbocycles. The second-order valence-electron chi connectivity index (χ2n) is 16.4. The Morgan fingerprint density at radius 1 is 0.596 bits per heavy atom. The van der Waals surface area contributed by atoms with E-state index >= 15 is 0 Å². The number of hydrogen-bond donors (Lipinski definition) is 9. The summed E-state index contributed by atoms with van der Waals surface area (Å²) in [5.41, 5.74) is 0. The highest BCUT2D eigenvalue weighted by Crippen LogP contribution is 2.47. The van der Waals surface area contributed by atoms with Gasteiger partial charge in [0.25, 0.3) is 0 Å². The van der Waals surface area contributed by atoms with Gasteiger partial charge in [0.15, 0.2) is 0 Å². The highest BCUT2D eigenvalue weighted by atomic mass is 31.2. The van der Waals surface area contributed by atoms with Gasteiger partial charge in [-0.1, -0.05) is 161 Å². The van der Waals surface area contributed by atoms with Crippen LogP contribution in [0.1, 0.15) is 194 Å². The molecule has 14 heteroatoms. The topological polar surface area (TPSA) is 226 Å². The number of nitrogens with one attached hydrogen (secondary N) is 1. The highest BCUT2D eigenvalue weighted by Gasteiger charge is 2.51. The smallest absolute Gasteiger partial charge is 0.393 e. The quantitative estimate of drug-likeness (QED) is 0.0175. The Balaban J connectivity index is 2.55. The van der Waals surface area contributed by atoms with E-state index in [9.17, 15) is 50.0 Å². The summed E-state index contributed by atoms with van der Waals surface area (Å²) in [6.07, 6.45) is 19.8. The summed E-state index contributed by atoms with van der Waals surface area (Å²) >= 11 is 0. The van der Waals surface area contributed by atoms with E-state index in [0.29, 0.717) is 12.8 Å². The van der Waals surface area contributed by atoms with E-state index in [1.807, 2.05) is 0 Å². The molecule has 0 aliphatic heterocycles. The number of amides is 1. The second kappa shape index (κ2) is 33.7. The lowest BCUT2D eigenvalue weighted by Gasteiger charge is -2.41. The first-order valence-corrected chi connectivity index (χ1v) is 24.2. The van der Waals surface area contributed by atoms with Crippen molar-refractivity contribution in [1.29, 1.82) is 0 Å². The molecule has 1 fully saturated rings. The summed E-state index contributed by atoms with van der Waals surface area (Å²) < 4.78 is 22.9. The van der Waals surface area contributed by atoms with Crippen molar-refractivity contribution >= 4 is 13.7 Å². The number of hydrogen-bond acceptors (Lipinski definition) is 11. The number of aliphatic hydroxyl groups excluding tert-OH is 7. The zero-order valence-corrected chi connectivity index (χ0v) is 36.4. The largest absolute Gasteiger partial charge is 0.472 e. The Hall–Kier alpha value is -0.960. The third-order valence-corrected chi connectivity index (χ3v) is 12.1. The number of carbonyl (C=O) groups is 1. The van der Waals surface area contributed by atoms with Crippen LogP contribution in [0.5, 0.6) is 0 Å². The molecule has 0 bridgehead atoms. The fraction of sp³-hybridized carbons (Fsp3) is 0.930. The van der Waals surface area contributed by atoms with E-state index in [0.717, 1.165) is 57.8 Å². The van der Waals surface area contributed by atoms with E-state index in [4.69, 9.17) is 9.05 Å². The molecule has 0 spiro atoms. The summed E-state index contributed by atoms with van der Waals surface area (Å²) in [6.45, 7) is 3.77. The van der Waals surface area contributed by atoms with Crippen molar-refractivity contribution in [1.82, 2.24) is 5.32 Å². The summed E-state index contributed by atoms with van der Waals surface area (Å²) in [6, 6.07) is -1.15. The Bertz CT molecular complexity index is 1040. The molecule has 1 amide bonds. The molecule has 0 aromatic heterocycles. The van der Waals surface area contributed by atoms with Gasteiger partial charge in [0.2, 0.25) is 5.91 Å². The maximum atomic E-state index is 13.0. The zero-order chi connectivity index (χ0) is 42.3. The van der Waals surface area contributed by atoms with Gasteiger partial charge in [-0.15, -0.1) is 0 Å². The Morgan fingerprint density at radius 2 is 0.982 bits per heavy atom. The van der Waals surface area contributed by atoms with E-state index in [2.05, 4.69) is 31.3 Å². The fourth-order valence-corrected chi connectivity index (χ4v) is 8.32. The molecule has 8 atom stereocenters. The summed E-state index contributed by atoms with van der Waals surface area (Å²) in [4.78, 5) is 23.4. The Labute approximate surface area is 344 Å². The molecule has 0 heterocycles. The van der Waals surface area contributed by atoms with Crippen LogP contribution in [-0.2, 0) is 18.4 Å². The zero-order valence-electron chi connectivity index (χ0n) is 35.5. The lowest BCUT2D eigenvalue weighted by Crippen LogP contribution is -2.64. The Kier molecular flexibility index (Phi) is 32.0. The van der Waals surface area contributed by atoms with E-state index in [1.165, 1.54) is 96.3 Å². The first-order chi connectivity index (χ1) is 27.3. The number of carbonyl (C=O) groups excluding carboxylic acids is 1. The van der Waals surface area contributed by atoms with Crippen LogP contribution in [0, 0.1) is 0 Å².